The van der Waals surface area contributed by atoms with Gasteiger partial charge in [-0.1, -0.05) is 37.4 Å². The minimum atomic E-state index is -0.549. The van der Waals surface area contributed by atoms with Crippen LogP contribution in [0, 0.1) is 17.7 Å². The van der Waals surface area contributed by atoms with E-state index in [9.17, 15) is 14.3 Å². The largest absolute Gasteiger partial charge is 0.394 e. The fourth-order valence-corrected chi connectivity index (χ4v) is 3.41. The lowest BCUT2D eigenvalue weighted by atomic mass is 9.80. The summed E-state index contributed by atoms with van der Waals surface area (Å²) in [5.41, 5.74) is 0.610. The first kappa shape index (κ1) is 17.2. The molecule has 0 radical (unpaired) electrons. The van der Waals surface area contributed by atoms with Crippen LogP contribution in [0.25, 0.3) is 0 Å². The number of benzene rings is 1. The molecule has 3 atom stereocenters. The Morgan fingerprint density at radius 2 is 2.27 bits per heavy atom. The van der Waals surface area contributed by atoms with Crippen molar-refractivity contribution in [3.8, 4) is 0 Å². The highest BCUT2D eigenvalue weighted by Gasteiger charge is 2.23. The number of aliphatic hydroxyl groups is 1. The van der Waals surface area contributed by atoms with E-state index in [1.54, 1.807) is 0 Å². The predicted octanol–water partition coefficient (Wildman–Crippen LogP) is 3.85. The molecule has 1 saturated carbocycles. The minimum absolute atomic E-state index is 0.00805. The number of nitrogens with one attached hydrogen (secondary N) is 1. The number of hydrogen-bond donors (Lipinski definition) is 2. The molecule has 3 unspecified atom stereocenters. The summed E-state index contributed by atoms with van der Waals surface area (Å²) in [6.45, 7) is 1.98. The zero-order valence-electron chi connectivity index (χ0n) is 12.8. The maximum Gasteiger partial charge on any atom is 0.220 e. The van der Waals surface area contributed by atoms with Crippen molar-refractivity contribution in [1.82, 2.24) is 5.32 Å². The van der Waals surface area contributed by atoms with E-state index in [1.165, 1.54) is 31.0 Å². The average molecular weight is 328 g/mol. The first-order valence-corrected chi connectivity index (χ1v) is 8.22. The van der Waals surface area contributed by atoms with Crippen LogP contribution in [0.15, 0.2) is 18.2 Å². The Morgan fingerprint density at radius 1 is 1.50 bits per heavy atom. The second-order valence-corrected chi connectivity index (χ2v) is 6.73. The Balaban J connectivity index is 1.94. The summed E-state index contributed by atoms with van der Waals surface area (Å²) in [6.07, 6.45) is 5.07. The molecule has 0 spiro atoms. The topological polar surface area (TPSA) is 49.3 Å². The highest BCUT2D eigenvalue weighted by atomic mass is 35.5. The quantitative estimate of drug-likeness (QED) is 0.863. The van der Waals surface area contributed by atoms with Crippen molar-refractivity contribution in [3.63, 3.8) is 0 Å². The monoisotopic (exact) mass is 327 g/mol. The molecule has 2 rings (SSSR count). The van der Waals surface area contributed by atoms with Gasteiger partial charge in [-0.2, -0.15) is 0 Å². The summed E-state index contributed by atoms with van der Waals surface area (Å²) in [5.74, 6) is 0.513. The SMILES string of the molecule is CC1CCCC(CC(=O)NC(CO)c2ccc(F)c(Cl)c2)C1. The molecule has 0 aromatic heterocycles. The van der Waals surface area contributed by atoms with Crippen molar-refractivity contribution in [1.29, 1.82) is 0 Å². The smallest absolute Gasteiger partial charge is 0.220 e. The van der Waals surface area contributed by atoms with Crippen LogP contribution in [0.1, 0.15) is 50.6 Å². The molecule has 3 nitrogen and oxygen atoms in total. The fraction of sp³-hybridized carbons (Fsp3) is 0.588. The second-order valence-electron chi connectivity index (χ2n) is 6.32. The lowest BCUT2D eigenvalue weighted by molar-refractivity contribution is -0.123. The van der Waals surface area contributed by atoms with Crippen LogP contribution in [0.4, 0.5) is 4.39 Å². The molecule has 1 fully saturated rings. The normalized spacial score (nSPS) is 23.1. The van der Waals surface area contributed by atoms with Gasteiger partial charge in [-0.15, -0.1) is 0 Å². The van der Waals surface area contributed by atoms with Crippen molar-refractivity contribution in [3.05, 3.63) is 34.6 Å². The molecule has 122 valence electrons. The summed E-state index contributed by atoms with van der Waals surface area (Å²) in [5, 5.41) is 12.3. The second kappa shape index (κ2) is 7.93. The highest BCUT2D eigenvalue weighted by molar-refractivity contribution is 6.30. The summed E-state index contributed by atoms with van der Waals surface area (Å²) < 4.78 is 13.2. The van der Waals surface area contributed by atoms with E-state index >= 15 is 0 Å². The molecule has 5 heteroatoms. The van der Waals surface area contributed by atoms with E-state index in [1.807, 2.05) is 0 Å². The van der Waals surface area contributed by atoms with Gasteiger partial charge < -0.3 is 10.4 Å². The van der Waals surface area contributed by atoms with Gasteiger partial charge in [0.2, 0.25) is 5.91 Å². The zero-order valence-corrected chi connectivity index (χ0v) is 13.6. The van der Waals surface area contributed by atoms with E-state index in [4.69, 9.17) is 11.6 Å². The van der Waals surface area contributed by atoms with Crippen molar-refractivity contribution < 1.29 is 14.3 Å². The average Bonchev–Trinajstić information content (AvgIpc) is 2.48. The number of halogens is 2. The molecular weight excluding hydrogens is 305 g/mol. The number of carbonyl (C=O) groups excluding carboxylic acids is 1. The summed E-state index contributed by atoms with van der Waals surface area (Å²) in [7, 11) is 0. The molecule has 2 N–H and O–H groups in total. The van der Waals surface area contributed by atoms with Crippen molar-refractivity contribution in [2.45, 2.75) is 45.1 Å². The minimum Gasteiger partial charge on any atom is -0.394 e. The predicted molar refractivity (Wildman–Crippen MR) is 85.1 cm³/mol. The molecular formula is C17H23ClFNO2. The van der Waals surface area contributed by atoms with Crippen LogP contribution < -0.4 is 5.32 Å². The van der Waals surface area contributed by atoms with E-state index in [2.05, 4.69) is 12.2 Å². The zero-order chi connectivity index (χ0) is 16.1. The van der Waals surface area contributed by atoms with E-state index < -0.39 is 11.9 Å². The maximum absolute atomic E-state index is 13.2. The molecule has 0 saturated heterocycles. The number of carbonyl (C=O) groups is 1. The first-order valence-electron chi connectivity index (χ1n) is 7.84. The van der Waals surface area contributed by atoms with Crippen LogP contribution in [0.5, 0.6) is 0 Å². The van der Waals surface area contributed by atoms with Crippen molar-refractivity contribution >= 4 is 17.5 Å². The Morgan fingerprint density at radius 3 is 2.91 bits per heavy atom. The van der Waals surface area contributed by atoms with Gasteiger partial charge in [0, 0.05) is 6.42 Å². The van der Waals surface area contributed by atoms with Gasteiger partial charge in [0.1, 0.15) is 5.82 Å². The number of amides is 1. The molecule has 1 aliphatic rings. The third kappa shape index (κ3) is 4.68. The van der Waals surface area contributed by atoms with Crippen LogP contribution >= 0.6 is 11.6 Å². The number of hydrogen-bond acceptors (Lipinski definition) is 2. The summed E-state index contributed by atoms with van der Waals surface area (Å²) in [6, 6.07) is 3.67. The van der Waals surface area contributed by atoms with Gasteiger partial charge in [-0.3, -0.25) is 4.79 Å². The van der Waals surface area contributed by atoms with Gasteiger partial charge in [-0.25, -0.2) is 4.39 Å². The molecule has 0 aliphatic heterocycles. The summed E-state index contributed by atoms with van der Waals surface area (Å²) in [4.78, 5) is 12.2. The van der Waals surface area contributed by atoms with Gasteiger partial charge in [0.05, 0.1) is 17.7 Å². The van der Waals surface area contributed by atoms with E-state index in [0.717, 1.165) is 12.8 Å². The lowest BCUT2D eigenvalue weighted by Crippen LogP contribution is -2.32. The molecule has 1 aromatic carbocycles. The van der Waals surface area contributed by atoms with Crippen LogP contribution in [-0.4, -0.2) is 17.6 Å². The Kier molecular flexibility index (Phi) is 6.21. The lowest BCUT2D eigenvalue weighted by Gasteiger charge is -2.27. The van der Waals surface area contributed by atoms with Crippen molar-refractivity contribution in [2.24, 2.45) is 11.8 Å². The maximum atomic E-state index is 13.2. The molecule has 1 aromatic rings. The molecule has 0 heterocycles. The fourth-order valence-electron chi connectivity index (χ4n) is 3.22. The Bertz CT molecular complexity index is 523. The standard InChI is InChI=1S/C17H23ClFNO2/c1-11-3-2-4-12(7-11)8-17(22)20-16(10-21)13-5-6-15(19)14(18)9-13/h5-6,9,11-12,16,21H,2-4,7-8,10H2,1H3,(H,20,22). The van der Waals surface area contributed by atoms with Crippen LogP contribution in [0.2, 0.25) is 5.02 Å². The van der Waals surface area contributed by atoms with Gasteiger partial charge in [0.15, 0.2) is 0 Å². The molecule has 1 amide bonds. The van der Waals surface area contributed by atoms with E-state index in [-0.39, 0.29) is 17.5 Å². The van der Waals surface area contributed by atoms with E-state index in [0.29, 0.717) is 23.8 Å². The molecule has 22 heavy (non-hydrogen) atoms. The van der Waals surface area contributed by atoms with Crippen LogP contribution in [-0.2, 0) is 4.79 Å². The van der Waals surface area contributed by atoms with Crippen LogP contribution in [0.3, 0.4) is 0 Å². The molecule has 0 bridgehead atoms. The van der Waals surface area contributed by atoms with Crippen molar-refractivity contribution in [2.75, 3.05) is 6.61 Å². The molecule has 1 aliphatic carbocycles. The highest BCUT2D eigenvalue weighted by Crippen LogP contribution is 2.31. The first-order chi connectivity index (χ1) is 10.5. The number of rotatable bonds is 5. The van der Waals surface area contributed by atoms with Gasteiger partial charge in [-0.05, 0) is 42.4 Å². The Labute approximate surface area is 135 Å². The number of aliphatic hydroxyl groups excluding tert-OH is 1. The Hall–Kier alpha value is -1.13. The third-order valence-corrected chi connectivity index (χ3v) is 4.67. The van der Waals surface area contributed by atoms with Gasteiger partial charge in [0.25, 0.3) is 0 Å². The van der Waals surface area contributed by atoms with Gasteiger partial charge >= 0.3 is 0 Å². The third-order valence-electron chi connectivity index (χ3n) is 4.38. The summed E-state index contributed by atoms with van der Waals surface area (Å²) >= 11 is 5.75.